The van der Waals surface area contributed by atoms with E-state index in [-0.39, 0.29) is 29.9 Å². The Labute approximate surface area is 191 Å². The Balaban J connectivity index is 0.00000420. The SMILES string of the molecule is CCNC(=NCCCCCCC(=O)OCC)NCCc1c[nH]c2ccccc12.I. The Bertz CT molecular complexity index is 745. The van der Waals surface area contributed by atoms with Crippen molar-refractivity contribution in [2.45, 2.75) is 52.4 Å². The van der Waals surface area contributed by atoms with E-state index in [0.29, 0.717) is 13.0 Å². The van der Waals surface area contributed by atoms with Crippen molar-refractivity contribution in [1.29, 1.82) is 0 Å². The molecule has 0 saturated heterocycles. The summed E-state index contributed by atoms with van der Waals surface area (Å²) in [4.78, 5) is 19.3. The van der Waals surface area contributed by atoms with Gasteiger partial charge < -0.3 is 20.4 Å². The van der Waals surface area contributed by atoms with Crippen LogP contribution in [0.2, 0.25) is 0 Å². The normalized spacial score (nSPS) is 11.2. The zero-order valence-corrected chi connectivity index (χ0v) is 20.0. The lowest BCUT2D eigenvalue weighted by atomic mass is 10.1. The Kier molecular flexibility index (Phi) is 13.2. The molecule has 1 heterocycles. The van der Waals surface area contributed by atoms with E-state index in [9.17, 15) is 4.79 Å². The molecule has 2 rings (SSSR count). The average Bonchev–Trinajstić information content (AvgIpc) is 3.10. The molecule has 0 unspecified atom stereocenters. The molecule has 0 aliphatic carbocycles. The summed E-state index contributed by atoms with van der Waals surface area (Å²) in [5.41, 5.74) is 2.50. The van der Waals surface area contributed by atoms with Gasteiger partial charge in [-0.25, -0.2) is 0 Å². The molecule has 1 aromatic heterocycles. The lowest BCUT2D eigenvalue weighted by Gasteiger charge is -2.11. The molecule has 0 spiro atoms. The van der Waals surface area contributed by atoms with Crippen molar-refractivity contribution in [3.63, 3.8) is 0 Å². The maximum atomic E-state index is 11.3. The van der Waals surface area contributed by atoms with Crippen molar-refractivity contribution < 1.29 is 9.53 Å². The molecule has 0 saturated carbocycles. The van der Waals surface area contributed by atoms with E-state index in [1.807, 2.05) is 13.0 Å². The third-order valence-corrected chi connectivity index (χ3v) is 4.57. The van der Waals surface area contributed by atoms with Crippen LogP contribution in [0.1, 0.15) is 51.5 Å². The molecule has 0 fully saturated rings. The number of carbonyl (C=O) groups is 1. The third kappa shape index (κ3) is 9.51. The Morgan fingerprint density at radius 1 is 1.10 bits per heavy atom. The molecule has 2 aromatic rings. The molecule has 0 atom stereocenters. The fraction of sp³-hybridized carbons (Fsp3) is 0.545. The first kappa shape index (κ1) is 25.3. The van der Waals surface area contributed by atoms with Crippen LogP contribution in [0, 0.1) is 0 Å². The van der Waals surface area contributed by atoms with Gasteiger partial charge in [0, 0.05) is 43.2 Å². The van der Waals surface area contributed by atoms with Crippen molar-refractivity contribution in [3.05, 3.63) is 36.0 Å². The topological polar surface area (TPSA) is 78.5 Å². The number of unbranched alkanes of at least 4 members (excludes halogenated alkanes) is 3. The molecular weight excluding hydrogens is 479 g/mol. The van der Waals surface area contributed by atoms with Crippen LogP contribution in [0.4, 0.5) is 0 Å². The molecule has 29 heavy (non-hydrogen) atoms. The number of ether oxygens (including phenoxy) is 1. The minimum atomic E-state index is -0.0886. The summed E-state index contributed by atoms with van der Waals surface area (Å²) in [5.74, 6) is 0.781. The van der Waals surface area contributed by atoms with Crippen molar-refractivity contribution in [3.8, 4) is 0 Å². The van der Waals surface area contributed by atoms with Crippen LogP contribution >= 0.6 is 24.0 Å². The van der Waals surface area contributed by atoms with Crippen LogP contribution in [0.5, 0.6) is 0 Å². The van der Waals surface area contributed by atoms with Crippen molar-refractivity contribution in [2.24, 2.45) is 4.99 Å². The fourth-order valence-electron chi connectivity index (χ4n) is 3.15. The second kappa shape index (κ2) is 15.1. The zero-order valence-electron chi connectivity index (χ0n) is 17.6. The van der Waals surface area contributed by atoms with Gasteiger partial charge in [0.05, 0.1) is 6.61 Å². The van der Waals surface area contributed by atoms with Gasteiger partial charge in [-0.2, -0.15) is 0 Å². The molecular formula is C22H35IN4O2. The maximum Gasteiger partial charge on any atom is 0.305 e. The van der Waals surface area contributed by atoms with Gasteiger partial charge in [0.2, 0.25) is 0 Å². The van der Waals surface area contributed by atoms with Gasteiger partial charge in [0.1, 0.15) is 0 Å². The minimum Gasteiger partial charge on any atom is -0.466 e. The number of halogens is 1. The molecule has 0 aliphatic rings. The number of para-hydroxylation sites is 1. The second-order valence-electron chi connectivity index (χ2n) is 6.77. The van der Waals surface area contributed by atoms with Crippen LogP contribution in [-0.2, 0) is 16.0 Å². The van der Waals surface area contributed by atoms with Gasteiger partial charge in [-0.1, -0.05) is 31.0 Å². The molecule has 1 aromatic carbocycles. The van der Waals surface area contributed by atoms with Crippen LogP contribution in [0.3, 0.4) is 0 Å². The summed E-state index contributed by atoms with van der Waals surface area (Å²) in [5, 5.41) is 8.01. The van der Waals surface area contributed by atoms with Gasteiger partial charge in [-0.15, -0.1) is 24.0 Å². The predicted molar refractivity (Wildman–Crippen MR) is 131 cm³/mol. The summed E-state index contributed by atoms with van der Waals surface area (Å²) in [7, 11) is 0. The third-order valence-electron chi connectivity index (χ3n) is 4.57. The van der Waals surface area contributed by atoms with Crippen LogP contribution in [0.25, 0.3) is 10.9 Å². The number of aromatic nitrogens is 1. The van der Waals surface area contributed by atoms with E-state index in [4.69, 9.17) is 4.74 Å². The smallest absolute Gasteiger partial charge is 0.305 e. The molecule has 6 nitrogen and oxygen atoms in total. The first-order valence-corrected chi connectivity index (χ1v) is 10.5. The Morgan fingerprint density at radius 3 is 2.69 bits per heavy atom. The molecule has 0 radical (unpaired) electrons. The van der Waals surface area contributed by atoms with E-state index >= 15 is 0 Å². The molecule has 0 amide bonds. The second-order valence-corrected chi connectivity index (χ2v) is 6.77. The van der Waals surface area contributed by atoms with Crippen molar-refractivity contribution in [2.75, 3.05) is 26.2 Å². The number of nitrogens with zero attached hydrogens (tertiary/aromatic N) is 1. The fourth-order valence-corrected chi connectivity index (χ4v) is 3.15. The lowest BCUT2D eigenvalue weighted by Crippen LogP contribution is -2.38. The highest BCUT2D eigenvalue weighted by Gasteiger charge is 2.04. The standard InChI is InChI=1S/C22H34N4O2.HI/c1-3-23-22(24-15-10-6-5-7-13-21(27)28-4-2)25-16-14-18-17-26-20-12-9-8-11-19(18)20;/h8-9,11-12,17,26H,3-7,10,13-16H2,1-2H3,(H2,23,24,25);1H. The van der Waals surface area contributed by atoms with E-state index in [1.54, 1.807) is 0 Å². The first-order valence-electron chi connectivity index (χ1n) is 10.5. The summed E-state index contributed by atoms with van der Waals surface area (Å²) in [6, 6.07) is 8.38. The highest BCUT2D eigenvalue weighted by molar-refractivity contribution is 14.0. The average molecular weight is 514 g/mol. The first-order chi connectivity index (χ1) is 13.7. The van der Waals surface area contributed by atoms with Gasteiger partial charge >= 0.3 is 5.97 Å². The number of benzene rings is 1. The maximum absolute atomic E-state index is 11.3. The molecule has 0 aliphatic heterocycles. The number of aliphatic imine (C=N–C) groups is 1. The van der Waals surface area contributed by atoms with Crippen LogP contribution in [0.15, 0.2) is 35.5 Å². The van der Waals surface area contributed by atoms with Gasteiger partial charge in [-0.05, 0) is 44.7 Å². The lowest BCUT2D eigenvalue weighted by molar-refractivity contribution is -0.143. The summed E-state index contributed by atoms with van der Waals surface area (Å²) < 4.78 is 4.94. The zero-order chi connectivity index (χ0) is 20.0. The number of fused-ring (bicyclic) bond motifs is 1. The van der Waals surface area contributed by atoms with E-state index in [0.717, 1.165) is 57.7 Å². The van der Waals surface area contributed by atoms with E-state index in [1.165, 1.54) is 16.5 Å². The van der Waals surface area contributed by atoms with Gasteiger partial charge in [0.25, 0.3) is 0 Å². The van der Waals surface area contributed by atoms with E-state index < -0.39 is 0 Å². The molecule has 162 valence electrons. The van der Waals surface area contributed by atoms with Crippen LogP contribution < -0.4 is 10.6 Å². The number of nitrogens with one attached hydrogen (secondary N) is 3. The number of hydrogen-bond acceptors (Lipinski definition) is 3. The largest absolute Gasteiger partial charge is 0.466 e. The quantitative estimate of drug-likeness (QED) is 0.129. The Hall–Kier alpha value is -1.77. The van der Waals surface area contributed by atoms with Crippen molar-refractivity contribution in [1.82, 2.24) is 15.6 Å². The number of esters is 1. The number of hydrogen-bond donors (Lipinski definition) is 3. The van der Waals surface area contributed by atoms with Gasteiger partial charge in [-0.3, -0.25) is 9.79 Å². The van der Waals surface area contributed by atoms with Crippen LogP contribution in [-0.4, -0.2) is 43.2 Å². The number of rotatable bonds is 12. The number of H-pyrrole nitrogens is 1. The molecule has 7 heteroatoms. The van der Waals surface area contributed by atoms with Gasteiger partial charge in [0.15, 0.2) is 5.96 Å². The molecule has 0 bridgehead atoms. The Morgan fingerprint density at radius 2 is 1.90 bits per heavy atom. The monoisotopic (exact) mass is 514 g/mol. The number of aromatic amines is 1. The summed E-state index contributed by atoms with van der Waals surface area (Å²) in [6.07, 6.45) is 7.61. The predicted octanol–water partition coefficient (Wildman–Crippen LogP) is 4.40. The number of guanidine groups is 1. The van der Waals surface area contributed by atoms with E-state index in [2.05, 4.69) is 51.9 Å². The summed E-state index contributed by atoms with van der Waals surface area (Å²) in [6.45, 7) is 6.86. The summed E-state index contributed by atoms with van der Waals surface area (Å²) >= 11 is 0. The highest BCUT2D eigenvalue weighted by atomic mass is 127. The molecule has 3 N–H and O–H groups in total. The number of carbonyl (C=O) groups excluding carboxylic acids is 1. The highest BCUT2D eigenvalue weighted by Crippen LogP contribution is 2.17. The minimum absolute atomic E-state index is 0. The van der Waals surface area contributed by atoms with Crippen molar-refractivity contribution >= 4 is 46.8 Å².